The third-order valence-electron chi connectivity index (χ3n) is 3.94. The number of para-hydroxylation sites is 1. The van der Waals surface area contributed by atoms with Gasteiger partial charge in [-0.25, -0.2) is 9.97 Å². The number of hydrogen-bond acceptors (Lipinski definition) is 4. The van der Waals surface area contributed by atoms with Crippen LogP contribution in [0.3, 0.4) is 0 Å². The minimum atomic E-state index is 0.816. The van der Waals surface area contributed by atoms with Crippen LogP contribution in [0.2, 0.25) is 0 Å². The van der Waals surface area contributed by atoms with E-state index in [0.717, 1.165) is 44.1 Å². The molecule has 21 heavy (non-hydrogen) atoms. The number of anilines is 2. The monoisotopic (exact) mass is 282 g/mol. The summed E-state index contributed by atoms with van der Waals surface area (Å²) in [5, 5.41) is 3.40. The summed E-state index contributed by atoms with van der Waals surface area (Å²) in [4.78, 5) is 11.5. The lowest BCUT2D eigenvalue weighted by Gasteiger charge is -2.18. The van der Waals surface area contributed by atoms with Crippen molar-refractivity contribution in [1.82, 2.24) is 15.3 Å². The van der Waals surface area contributed by atoms with E-state index in [-0.39, 0.29) is 0 Å². The number of nitrogens with one attached hydrogen (secondary N) is 1. The molecule has 0 saturated carbocycles. The van der Waals surface area contributed by atoms with Crippen molar-refractivity contribution < 1.29 is 0 Å². The molecule has 2 heterocycles. The highest BCUT2D eigenvalue weighted by molar-refractivity contribution is 5.65. The summed E-state index contributed by atoms with van der Waals surface area (Å²) >= 11 is 0. The Hall–Kier alpha value is -1.94. The molecule has 2 aromatic rings. The van der Waals surface area contributed by atoms with Crippen LogP contribution in [0.1, 0.15) is 30.2 Å². The first-order valence-corrected chi connectivity index (χ1v) is 7.68. The van der Waals surface area contributed by atoms with Crippen LogP contribution in [0.25, 0.3) is 0 Å². The maximum Gasteiger partial charge on any atom is 0.230 e. The van der Waals surface area contributed by atoms with Gasteiger partial charge in [-0.05, 0) is 37.9 Å². The SMILES string of the molecule is CCCNCc1cnc(N2CCc3ccccc32)nc1C. The normalized spacial score (nSPS) is 13.5. The van der Waals surface area contributed by atoms with E-state index in [1.807, 2.05) is 6.20 Å². The lowest BCUT2D eigenvalue weighted by molar-refractivity contribution is 0.668. The Morgan fingerprint density at radius 2 is 2.14 bits per heavy atom. The topological polar surface area (TPSA) is 41.1 Å². The van der Waals surface area contributed by atoms with Crippen molar-refractivity contribution in [2.75, 3.05) is 18.0 Å². The number of benzene rings is 1. The standard InChI is InChI=1S/C17H22N4/c1-3-9-18-11-15-12-19-17(20-13(15)2)21-10-8-14-6-4-5-7-16(14)21/h4-7,12,18H,3,8-11H2,1-2H3. The molecule has 0 fully saturated rings. The largest absolute Gasteiger partial charge is 0.313 e. The number of nitrogens with zero attached hydrogens (tertiary/aromatic N) is 3. The van der Waals surface area contributed by atoms with Crippen LogP contribution in [0.15, 0.2) is 30.5 Å². The number of rotatable bonds is 5. The highest BCUT2D eigenvalue weighted by Crippen LogP contribution is 2.32. The zero-order valence-electron chi connectivity index (χ0n) is 12.8. The fourth-order valence-corrected chi connectivity index (χ4v) is 2.73. The first kappa shape index (κ1) is 14.0. The van der Waals surface area contributed by atoms with Gasteiger partial charge in [0.05, 0.1) is 0 Å². The van der Waals surface area contributed by atoms with Gasteiger partial charge in [-0.3, -0.25) is 0 Å². The van der Waals surface area contributed by atoms with Gasteiger partial charge in [0.15, 0.2) is 0 Å². The number of aryl methyl sites for hydroxylation is 1. The van der Waals surface area contributed by atoms with Crippen LogP contribution in [0.4, 0.5) is 11.6 Å². The molecular weight excluding hydrogens is 260 g/mol. The Balaban J connectivity index is 1.80. The molecule has 0 unspecified atom stereocenters. The maximum absolute atomic E-state index is 4.71. The Bertz CT molecular complexity index is 624. The molecule has 110 valence electrons. The Morgan fingerprint density at radius 3 is 2.95 bits per heavy atom. The van der Waals surface area contributed by atoms with Gasteiger partial charge < -0.3 is 10.2 Å². The van der Waals surface area contributed by atoms with Crippen molar-refractivity contribution >= 4 is 11.6 Å². The Morgan fingerprint density at radius 1 is 1.29 bits per heavy atom. The van der Waals surface area contributed by atoms with Gasteiger partial charge in [0.25, 0.3) is 0 Å². The van der Waals surface area contributed by atoms with Crippen molar-refractivity contribution in [2.45, 2.75) is 33.2 Å². The molecule has 0 radical (unpaired) electrons. The summed E-state index contributed by atoms with van der Waals surface area (Å²) in [6, 6.07) is 8.51. The zero-order valence-corrected chi connectivity index (χ0v) is 12.8. The van der Waals surface area contributed by atoms with Gasteiger partial charge in [0.1, 0.15) is 0 Å². The summed E-state index contributed by atoms with van der Waals surface area (Å²) in [6.07, 6.45) is 4.17. The van der Waals surface area contributed by atoms with Crippen molar-refractivity contribution in [3.8, 4) is 0 Å². The first-order valence-electron chi connectivity index (χ1n) is 7.68. The number of fused-ring (bicyclic) bond motifs is 1. The van der Waals surface area contributed by atoms with Gasteiger partial charge in [0, 0.05) is 36.2 Å². The van der Waals surface area contributed by atoms with Gasteiger partial charge in [-0.15, -0.1) is 0 Å². The molecule has 1 aliphatic heterocycles. The Labute approximate surface area is 126 Å². The average molecular weight is 282 g/mol. The fourth-order valence-electron chi connectivity index (χ4n) is 2.73. The molecule has 4 heteroatoms. The summed E-state index contributed by atoms with van der Waals surface area (Å²) in [5.74, 6) is 0.816. The molecule has 0 aliphatic carbocycles. The molecular formula is C17H22N4. The molecule has 0 spiro atoms. The van der Waals surface area contributed by atoms with Crippen LogP contribution in [-0.4, -0.2) is 23.1 Å². The molecule has 1 N–H and O–H groups in total. The van der Waals surface area contributed by atoms with Crippen molar-refractivity contribution in [3.63, 3.8) is 0 Å². The second kappa shape index (κ2) is 6.22. The molecule has 3 rings (SSSR count). The van der Waals surface area contributed by atoms with Crippen LogP contribution in [0, 0.1) is 6.92 Å². The minimum absolute atomic E-state index is 0.816. The lowest BCUT2D eigenvalue weighted by Crippen LogP contribution is -2.19. The minimum Gasteiger partial charge on any atom is -0.313 e. The quantitative estimate of drug-likeness (QED) is 0.856. The summed E-state index contributed by atoms with van der Waals surface area (Å²) in [7, 11) is 0. The first-order chi connectivity index (χ1) is 10.3. The van der Waals surface area contributed by atoms with Crippen LogP contribution >= 0.6 is 0 Å². The predicted octanol–water partition coefficient (Wildman–Crippen LogP) is 2.98. The molecule has 4 nitrogen and oxygen atoms in total. The summed E-state index contributed by atoms with van der Waals surface area (Å²) in [6.45, 7) is 7.07. The molecule has 0 amide bonds. The van der Waals surface area contributed by atoms with E-state index in [0.29, 0.717) is 0 Å². The van der Waals surface area contributed by atoms with Crippen molar-refractivity contribution in [2.24, 2.45) is 0 Å². The van der Waals surface area contributed by atoms with Crippen LogP contribution < -0.4 is 10.2 Å². The summed E-state index contributed by atoms with van der Waals surface area (Å²) in [5.41, 5.74) is 4.87. The molecule has 0 atom stereocenters. The van der Waals surface area contributed by atoms with Gasteiger partial charge in [-0.2, -0.15) is 0 Å². The molecule has 1 aliphatic rings. The highest BCUT2D eigenvalue weighted by Gasteiger charge is 2.22. The third kappa shape index (κ3) is 2.90. The van der Waals surface area contributed by atoms with E-state index in [1.165, 1.54) is 16.8 Å². The third-order valence-corrected chi connectivity index (χ3v) is 3.94. The van der Waals surface area contributed by atoms with Crippen molar-refractivity contribution in [3.05, 3.63) is 47.3 Å². The van der Waals surface area contributed by atoms with E-state index in [1.54, 1.807) is 0 Å². The fraction of sp³-hybridized carbons (Fsp3) is 0.412. The molecule has 0 bridgehead atoms. The number of hydrogen-bond donors (Lipinski definition) is 1. The second-order valence-corrected chi connectivity index (χ2v) is 5.49. The van der Waals surface area contributed by atoms with E-state index in [9.17, 15) is 0 Å². The van der Waals surface area contributed by atoms with E-state index >= 15 is 0 Å². The number of aromatic nitrogens is 2. The van der Waals surface area contributed by atoms with Crippen molar-refractivity contribution in [1.29, 1.82) is 0 Å². The Kier molecular flexibility index (Phi) is 4.15. The second-order valence-electron chi connectivity index (χ2n) is 5.49. The van der Waals surface area contributed by atoms with Gasteiger partial charge in [0.2, 0.25) is 5.95 Å². The maximum atomic E-state index is 4.71. The smallest absolute Gasteiger partial charge is 0.230 e. The highest BCUT2D eigenvalue weighted by atomic mass is 15.3. The van der Waals surface area contributed by atoms with Gasteiger partial charge in [-0.1, -0.05) is 25.1 Å². The molecule has 0 saturated heterocycles. The summed E-state index contributed by atoms with van der Waals surface area (Å²) < 4.78 is 0. The molecule has 1 aromatic heterocycles. The van der Waals surface area contributed by atoms with E-state index in [4.69, 9.17) is 4.98 Å². The molecule has 1 aromatic carbocycles. The van der Waals surface area contributed by atoms with E-state index < -0.39 is 0 Å². The van der Waals surface area contributed by atoms with Crippen LogP contribution in [0.5, 0.6) is 0 Å². The van der Waals surface area contributed by atoms with Crippen LogP contribution in [-0.2, 0) is 13.0 Å². The zero-order chi connectivity index (χ0) is 14.7. The average Bonchev–Trinajstić information content (AvgIpc) is 2.93. The van der Waals surface area contributed by atoms with E-state index in [2.05, 4.69) is 53.3 Å². The van der Waals surface area contributed by atoms with Gasteiger partial charge >= 0.3 is 0 Å². The predicted molar refractivity (Wildman–Crippen MR) is 85.9 cm³/mol. The lowest BCUT2D eigenvalue weighted by atomic mass is 10.2.